The minimum Gasteiger partial charge on any atom is -0.497 e. The number of benzene rings is 1. The van der Waals surface area contributed by atoms with Crippen molar-refractivity contribution in [3.05, 3.63) is 65.7 Å². The van der Waals surface area contributed by atoms with Crippen molar-refractivity contribution in [2.75, 3.05) is 7.11 Å². The number of carbonyl (C=O) groups excluding carboxylic acids is 1. The Bertz CT molecular complexity index is 992. The third-order valence-corrected chi connectivity index (χ3v) is 5.13. The number of pyridine rings is 1. The number of methoxy groups -OCH3 is 1. The molecule has 0 saturated carbocycles. The number of ether oxygens (including phenoxy) is 1. The number of carbonyl (C=O) groups is 1. The molecule has 2 heterocycles. The summed E-state index contributed by atoms with van der Waals surface area (Å²) < 4.78 is 11.3. The number of furan rings is 1. The molecule has 3 rings (SSSR count). The summed E-state index contributed by atoms with van der Waals surface area (Å²) in [5.74, 6) is 1.39. The number of rotatable bonds is 10. The first-order chi connectivity index (χ1) is 14.6. The lowest BCUT2D eigenvalue weighted by atomic mass is 10.1. The van der Waals surface area contributed by atoms with Crippen molar-refractivity contribution < 1.29 is 13.9 Å². The molecule has 1 atom stereocenters. The maximum atomic E-state index is 12.4. The lowest BCUT2D eigenvalue weighted by Gasteiger charge is -2.12. The number of hydrogen-bond donors (Lipinski definition) is 1. The van der Waals surface area contributed by atoms with Gasteiger partial charge in [-0.05, 0) is 62.4 Å². The van der Waals surface area contributed by atoms with Crippen molar-refractivity contribution in [2.45, 2.75) is 52.0 Å². The van der Waals surface area contributed by atoms with Gasteiger partial charge in [-0.3, -0.25) is 9.78 Å². The van der Waals surface area contributed by atoms with Crippen LogP contribution in [0, 0.1) is 0 Å². The van der Waals surface area contributed by atoms with E-state index in [1.807, 2.05) is 37.4 Å². The van der Waals surface area contributed by atoms with Crippen LogP contribution in [-0.2, 0) is 17.6 Å². The molecule has 0 radical (unpaired) electrons. The monoisotopic (exact) mass is 406 g/mol. The molecular formula is C25H30N2O3. The van der Waals surface area contributed by atoms with Crippen molar-refractivity contribution >= 4 is 23.0 Å². The van der Waals surface area contributed by atoms with Gasteiger partial charge in [0, 0.05) is 41.5 Å². The maximum absolute atomic E-state index is 12.4. The number of hydrogen-bond acceptors (Lipinski definition) is 4. The fourth-order valence-electron chi connectivity index (χ4n) is 3.59. The molecule has 0 bridgehead atoms. The van der Waals surface area contributed by atoms with Crippen LogP contribution in [0.5, 0.6) is 5.75 Å². The van der Waals surface area contributed by atoms with Gasteiger partial charge in [-0.2, -0.15) is 0 Å². The Morgan fingerprint density at radius 3 is 2.90 bits per heavy atom. The highest BCUT2D eigenvalue weighted by atomic mass is 16.5. The Kier molecular flexibility index (Phi) is 7.66. The van der Waals surface area contributed by atoms with E-state index in [4.69, 9.17) is 9.15 Å². The van der Waals surface area contributed by atoms with Crippen LogP contribution >= 0.6 is 0 Å². The Labute approximate surface area is 178 Å². The topological polar surface area (TPSA) is 64.4 Å². The fourth-order valence-corrected chi connectivity index (χ4v) is 3.59. The van der Waals surface area contributed by atoms with E-state index in [0.717, 1.165) is 60.1 Å². The summed E-state index contributed by atoms with van der Waals surface area (Å²) >= 11 is 0. The number of nitrogens with one attached hydrogen (secondary N) is 1. The van der Waals surface area contributed by atoms with E-state index in [2.05, 4.69) is 23.3 Å². The number of fused-ring (bicyclic) bond motifs is 1. The second-order valence-electron chi connectivity index (χ2n) is 7.55. The van der Waals surface area contributed by atoms with Crippen molar-refractivity contribution in [2.24, 2.45) is 0 Å². The molecule has 0 aliphatic carbocycles. The number of aromatic nitrogens is 1. The predicted octanol–water partition coefficient (Wildman–Crippen LogP) is 5.33. The van der Waals surface area contributed by atoms with Crippen LogP contribution in [-0.4, -0.2) is 24.0 Å². The van der Waals surface area contributed by atoms with Gasteiger partial charge in [0.25, 0.3) is 0 Å². The van der Waals surface area contributed by atoms with E-state index in [1.165, 1.54) is 5.56 Å². The summed E-state index contributed by atoms with van der Waals surface area (Å²) in [4.78, 5) is 16.5. The highest BCUT2D eigenvalue weighted by Gasteiger charge is 2.13. The number of aryl methyl sites for hydroxylation is 2. The molecule has 0 aliphatic heterocycles. The van der Waals surface area contributed by atoms with Crippen LogP contribution < -0.4 is 10.1 Å². The minimum atomic E-state index is -0.107. The van der Waals surface area contributed by atoms with Gasteiger partial charge in [-0.25, -0.2) is 0 Å². The molecule has 30 heavy (non-hydrogen) atoms. The Morgan fingerprint density at radius 1 is 1.30 bits per heavy atom. The largest absolute Gasteiger partial charge is 0.497 e. The lowest BCUT2D eigenvalue weighted by molar-refractivity contribution is -0.117. The van der Waals surface area contributed by atoms with Crippen molar-refractivity contribution in [3.63, 3.8) is 0 Å². The smallest absolute Gasteiger partial charge is 0.244 e. The van der Waals surface area contributed by atoms with Gasteiger partial charge in [0.2, 0.25) is 5.91 Å². The lowest BCUT2D eigenvalue weighted by Crippen LogP contribution is -2.31. The van der Waals surface area contributed by atoms with E-state index in [9.17, 15) is 4.79 Å². The second-order valence-corrected chi connectivity index (χ2v) is 7.55. The third kappa shape index (κ3) is 5.72. The molecule has 158 valence electrons. The fraction of sp³-hybridized carbons (Fsp3) is 0.360. The molecule has 0 fully saturated rings. The first-order valence-electron chi connectivity index (χ1n) is 10.6. The van der Waals surface area contributed by atoms with Crippen molar-refractivity contribution in [3.8, 4) is 5.75 Å². The molecule has 5 heteroatoms. The van der Waals surface area contributed by atoms with Gasteiger partial charge < -0.3 is 14.5 Å². The van der Waals surface area contributed by atoms with E-state index < -0.39 is 0 Å². The molecule has 3 aromatic rings. The highest BCUT2D eigenvalue weighted by molar-refractivity contribution is 5.93. The van der Waals surface area contributed by atoms with Gasteiger partial charge in [0.15, 0.2) is 0 Å². The van der Waals surface area contributed by atoms with Crippen LogP contribution in [0.2, 0.25) is 0 Å². The Morgan fingerprint density at radius 2 is 2.17 bits per heavy atom. The van der Waals surface area contributed by atoms with Crippen LogP contribution in [0.1, 0.15) is 50.0 Å². The first kappa shape index (κ1) is 21.6. The minimum absolute atomic E-state index is 0.105. The van der Waals surface area contributed by atoms with Crippen molar-refractivity contribution in [1.29, 1.82) is 0 Å². The zero-order chi connectivity index (χ0) is 21.3. The van der Waals surface area contributed by atoms with Gasteiger partial charge in [-0.1, -0.05) is 19.4 Å². The quantitative estimate of drug-likeness (QED) is 0.462. The molecule has 5 nitrogen and oxygen atoms in total. The van der Waals surface area contributed by atoms with E-state index in [0.29, 0.717) is 0 Å². The third-order valence-electron chi connectivity index (χ3n) is 5.13. The average Bonchev–Trinajstić information content (AvgIpc) is 3.10. The molecule has 1 amide bonds. The van der Waals surface area contributed by atoms with Gasteiger partial charge in [0.05, 0.1) is 7.11 Å². The van der Waals surface area contributed by atoms with E-state index >= 15 is 0 Å². The molecule has 0 spiro atoms. The Hall–Kier alpha value is -3.08. The zero-order valence-electron chi connectivity index (χ0n) is 18.0. The highest BCUT2D eigenvalue weighted by Crippen LogP contribution is 2.31. The molecule has 2 aromatic heterocycles. The molecule has 0 unspecified atom stereocenters. The average molecular weight is 407 g/mol. The zero-order valence-corrected chi connectivity index (χ0v) is 18.0. The van der Waals surface area contributed by atoms with E-state index in [-0.39, 0.29) is 11.9 Å². The van der Waals surface area contributed by atoms with Crippen molar-refractivity contribution in [1.82, 2.24) is 10.3 Å². The summed E-state index contributed by atoms with van der Waals surface area (Å²) in [6, 6.07) is 9.97. The molecular weight excluding hydrogens is 376 g/mol. The normalized spacial score (nSPS) is 12.4. The van der Waals surface area contributed by atoms with Crippen LogP contribution in [0.3, 0.4) is 0 Å². The summed E-state index contributed by atoms with van der Waals surface area (Å²) in [6.45, 7) is 4.17. The Balaban J connectivity index is 1.59. The molecule has 1 aromatic carbocycles. The molecule has 0 aliphatic rings. The van der Waals surface area contributed by atoms with Crippen LogP contribution in [0.15, 0.2) is 53.2 Å². The van der Waals surface area contributed by atoms with Gasteiger partial charge in [0.1, 0.15) is 17.1 Å². The van der Waals surface area contributed by atoms with Crippen LogP contribution in [0.4, 0.5) is 0 Å². The molecule has 0 saturated heterocycles. The predicted molar refractivity (Wildman–Crippen MR) is 121 cm³/mol. The number of amides is 1. The maximum Gasteiger partial charge on any atom is 0.244 e. The number of nitrogens with zero attached hydrogens (tertiary/aromatic N) is 1. The van der Waals surface area contributed by atoms with Crippen LogP contribution in [0.25, 0.3) is 17.0 Å². The molecule has 1 N–H and O–H groups in total. The van der Waals surface area contributed by atoms with E-state index in [1.54, 1.807) is 25.5 Å². The van der Waals surface area contributed by atoms with Gasteiger partial charge >= 0.3 is 0 Å². The summed E-state index contributed by atoms with van der Waals surface area (Å²) in [6.07, 6.45) is 11.8. The summed E-state index contributed by atoms with van der Waals surface area (Å²) in [7, 11) is 1.64. The second kappa shape index (κ2) is 10.6. The standard InChI is InChI=1S/C25H30N2O3/c1-4-7-21-22-12-11-20(29-3)16-24(22)30-23(21)13-14-25(28)27-18(2)8-5-9-19-10-6-15-26-17-19/h6,10-18H,4-5,7-9H2,1-3H3,(H,27,28)/b14-13+/t18-/m1/s1. The first-order valence-corrected chi connectivity index (χ1v) is 10.6. The summed E-state index contributed by atoms with van der Waals surface area (Å²) in [5, 5.41) is 4.11. The van der Waals surface area contributed by atoms with Gasteiger partial charge in [-0.15, -0.1) is 0 Å². The summed E-state index contributed by atoms with van der Waals surface area (Å²) in [5.41, 5.74) is 3.13. The SMILES string of the molecule is CCCc1c(/C=C/C(=O)N[C@H](C)CCCc2cccnc2)oc2cc(OC)ccc12.